The third-order valence-electron chi connectivity index (χ3n) is 3.37. The van der Waals surface area contributed by atoms with E-state index in [1.807, 2.05) is 0 Å². The first-order chi connectivity index (χ1) is 8.75. The summed E-state index contributed by atoms with van der Waals surface area (Å²) in [6, 6.07) is 2.66. The summed E-state index contributed by atoms with van der Waals surface area (Å²) in [5.41, 5.74) is 4.49. The molecule has 1 fully saturated rings. The summed E-state index contributed by atoms with van der Waals surface area (Å²) in [7, 11) is -3.66. The Labute approximate surface area is 116 Å². The lowest BCUT2D eigenvalue weighted by Gasteiger charge is -2.20. The predicted octanol–water partition coefficient (Wildman–Crippen LogP) is 0.621. The van der Waals surface area contributed by atoms with Crippen LogP contribution in [0.3, 0.4) is 0 Å². The van der Waals surface area contributed by atoms with Crippen molar-refractivity contribution in [2.24, 2.45) is 11.1 Å². The first-order valence-corrected chi connectivity index (χ1v) is 7.49. The number of carbonyl (C=O) groups is 1. The highest BCUT2D eigenvalue weighted by molar-refractivity contribution is 7.89. The molecule has 104 valence electrons. The van der Waals surface area contributed by atoms with Crippen molar-refractivity contribution >= 4 is 27.5 Å². The van der Waals surface area contributed by atoms with Crippen LogP contribution in [0.15, 0.2) is 23.2 Å². The van der Waals surface area contributed by atoms with E-state index in [1.54, 1.807) is 6.92 Å². The van der Waals surface area contributed by atoms with Gasteiger partial charge in [-0.05, 0) is 25.5 Å². The monoisotopic (exact) mass is 303 g/mol. The van der Waals surface area contributed by atoms with E-state index in [2.05, 4.69) is 4.98 Å². The highest BCUT2D eigenvalue weighted by atomic mass is 35.5. The Hall–Kier alpha value is -1.18. The van der Waals surface area contributed by atoms with Crippen molar-refractivity contribution in [3.05, 3.63) is 23.5 Å². The number of pyridine rings is 1. The molecular weight excluding hydrogens is 290 g/mol. The molecule has 1 aliphatic rings. The first-order valence-electron chi connectivity index (χ1n) is 5.67. The summed E-state index contributed by atoms with van der Waals surface area (Å²) < 4.78 is 26.0. The van der Waals surface area contributed by atoms with Gasteiger partial charge in [-0.1, -0.05) is 11.6 Å². The van der Waals surface area contributed by atoms with Crippen LogP contribution in [-0.2, 0) is 14.8 Å². The fraction of sp³-hybridized carbons (Fsp3) is 0.455. The van der Waals surface area contributed by atoms with Crippen LogP contribution in [0.2, 0.25) is 5.15 Å². The van der Waals surface area contributed by atoms with Crippen LogP contribution in [0.5, 0.6) is 0 Å². The molecule has 1 unspecified atom stereocenters. The average molecular weight is 304 g/mol. The van der Waals surface area contributed by atoms with Gasteiger partial charge in [-0.25, -0.2) is 13.4 Å². The number of carbonyl (C=O) groups excluding carboxylic acids is 1. The van der Waals surface area contributed by atoms with E-state index in [0.717, 1.165) is 0 Å². The minimum absolute atomic E-state index is 0.0706. The fourth-order valence-corrected chi connectivity index (χ4v) is 3.84. The normalized spacial score (nSPS) is 24.5. The molecule has 0 bridgehead atoms. The second kappa shape index (κ2) is 4.73. The van der Waals surface area contributed by atoms with Crippen molar-refractivity contribution < 1.29 is 13.2 Å². The maximum atomic E-state index is 12.4. The molecule has 1 aromatic rings. The molecule has 6 nitrogen and oxygen atoms in total. The smallest absolute Gasteiger partial charge is 0.243 e. The molecule has 0 saturated carbocycles. The Morgan fingerprint density at radius 2 is 2.26 bits per heavy atom. The van der Waals surface area contributed by atoms with Gasteiger partial charge in [0.25, 0.3) is 0 Å². The second-order valence-corrected chi connectivity index (χ2v) is 7.15. The Morgan fingerprint density at radius 1 is 1.58 bits per heavy atom. The van der Waals surface area contributed by atoms with Gasteiger partial charge in [0, 0.05) is 19.3 Å². The van der Waals surface area contributed by atoms with Crippen molar-refractivity contribution in [3.8, 4) is 0 Å². The Balaban J connectivity index is 2.31. The van der Waals surface area contributed by atoms with E-state index in [0.29, 0.717) is 6.42 Å². The van der Waals surface area contributed by atoms with Crippen LogP contribution < -0.4 is 5.73 Å². The Morgan fingerprint density at radius 3 is 2.79 bits per heavy atom. The number of rotatable bonds is 3. The van der Waals surface area contributed by atoms with Crippen molar-refractivity contribution in [2.75, 3.05) is 13.1 Å². The molecule has 19 heavy (non-hydrogen) atoms. The maximum Gasteiger partial charge on any atom is 0.243 e. The number of nitrogens with zero attached hydrogens (tertiary/aromatic N) is 2. The molecule has 2 heterocycles. The number of hydrogen-bond donors (Lipinski definition) is 1. The number of aromatic nitrogens is 1. The quantitative estimate of drug-likeness (QED) is 0.828. The van der Waals surface area contributed by atoms with Crippen molar-refractivity contribution in [2.45, 2.75) is 18.2 Å². The van der Waals surface area contributed by atoms with E-state index in [-0.39, 0.29) is 23.1 Å². The lowest BCUT2D eigenvalue weighted by molar-refractivity contribution is -0.126. The highest BCUT2D eigenvalue weighted by Gasteiger charge is 2.43. The van der Waals surface area contributed by atoms with E-state index in [1.165, 1.54) is 22.6 Å². The molecule has 2 rings (SSSR count). The summed E-state index contributed by atoms with van der Waals surface area (Å²) in [5, 5.41) is 0.109. The molecular formula is C11H14ClN3O3S. The van der Waals surface area contributed by atoms with E-state index >= 15 is 0 Å². The lowest BCUT2D eigenvalue weighted by atomic mass is 9.89. The zero-order valence-electron chi connectivity index (χ0n) is 10.3. The third-order valence-corrected chi connectivity index (χ3v) is 5.42. The molecule has 0 aliphatic carbocycles. The van der Waals surface area contributed by atoms with Gasteiger partial charge in [0.2, 0.25) is 15.9 Å². The first kappa shape index (κ1) is 14.2. The SMILES string of the molecule is CC1(C(N)=O)CCN(S(=O)(=O)c2ccnc(Cl)c2)C1. The fourth-order valence-electron chi connectivity index (χ4n) is 2.02. The summed E-state index contributed by atoms with van der Waals surface area (Å²) in [6.45, 7) is 2.02. The minimum atomic E-state index is -3.66. The van der Waals surface area contributed by atoms with E-state index < -0.39 is 21.3 Å². The summed E-state index contributed by atoms with van der Waals surface area (Å²) >= 11 is 5.70. The number of amides is 1. The van der Waals surface area contributed by atoms with Gasteiger partial charge < -0.3 is 5.73 Å². The van der Waals surface area contributed by atoms with Gasteiger partial charge in [-0.3, -0.25) is 4.79 Å². The zero-order valence-corrected chi connectivity index (χ0v) is 11.9. The van der Waals surface area contributed by atoms with Crippen molar-refractivity contribution in [1.82, 2.24) is 9.29 Å². The summed E-state index contributed by atoms with van der Waals surface area (Å²) in [6.07, 6.45) is 1.75. The maximum absolute atomic E-state index is 12.4. The molecule has 1 saturated heterocycles. The van der Waals surface area contributed by atoms with Gasteiger partial charge in [0.05, 0.1) is 10.3 Å². The number of sulfonamides is 1. The van der Waals surface area contributed by atoms with Crippen molar-refractivity contribution in [1.29, 1.82) is 0 Å². The third kappa shape index (κ3) is 2.58. The van der Waals surface area contributed by atoms with Gasteiger partial charge in [0.15, 0.2) is 0 Å². The van der Waals surface area contributed by atoms with E-state index in [9.17, 15) is 13.2 Å². The Kier molecular flexibility index (Phi) is 3.55. The molecule has 0 radical (unpaired) electrons. The molecule has 1 aliphatic heterocycles. The largest absolute Gasteiger partial charge is 0.369 e. The molecule has 2 N–H and O–H groups in total. The molecule has 0 spiro atoms. The van der Waals surface area contributed by atoms with Crippen LogP contribution in [0, 0.1) is 5.41 Å². The minimum Gasteiger partial charge on any atom is -0.369 e. The zero-order chi connectivity index (χ0) is 14.3. The van der Waals surface area contributed by atoms with Gasteiger partial charge in [-0.15, -0.1) is 0 Å². The molecule has 1 amide bonds. The molecule has 0 aromatic carbocycles. The van der Waals surface area contributed by atoms with Crippen molar-refractivity contribution in [3.63, 3.8) is 0 Å². The standard InChI is InChI=1S/C11H14ClN3O3S/c1-11(10(13)16)3-5-15(7-11)19(17,18)8-2-4-14-9(12)6-8/h2,4,6H,3,5,7H2,1H3,(H2,13,16). The van der Waals surface area contributed by atoms with Crippen LogP contribution in [-0.4, -0.2) is 36.7 Å². The van der Waals surface area contributed by atoms with E-state index in [4.69, 9.17) is 17.3 Å². The number of halogens is 1. The number of nitrogens with two attached hydrogens (primary N) is 1. The van der Waals surface area contributed by atoms with Crippen LogP contribution in [0.4, 0.5) is 0 Å². The molecule has 8 heteroatoms. The van der Waals surface area contributed by atoms with Crippen LogP contribution in [0.1, 0.15) is 13.3 Å². The summed E-state index contributed by atoms with van der Waals surface area (Å²) in [4.78, 5) is 15.2. The van der Waals surface area contributed by atoms with Gasteiger partial charge in [0.1, 0.15) is 5.15 Å². The average Bonchev–Trinajstić information content (AvgIpc) is 2.74. The predicted molar refractivity (Wildman–Crippen MR) is 69.9 cm³/mol. The Bertz CT molecular complexity index is 619. The van der Waals surface area contributed by atoms with Crippen LogP contribution >= 0.6 is 11.6 Å². The van der Waals surface area contributed by atoms with Crippen LogP contribution in [0.25, 0.3) is 0 Å². The van der Waals surface area contributed by atoms with Gasteiger partial charge >= 0.3 is 0 Å². The van der Waals surface area contributed by atoms with Gasteiger partial charge in [-0.2, -0.15) is 4.31 Å². The lowest BCUT2D eigenvalue weighted by Crippen LogP contribution is -2.38. The summed E-state index contributed by atoms with van der Waals surface area (Å²) in [5.74, 6) is -0.488. The topological polar surface area (TPSA) is 93.4 Å². The second-order valence-electron chi connectivity index (χ2n) is 4.83. The number of primary amides is 1. The number of hydrogen-bond acceptors (Lipinski definition) is 4. The molecule has 1 aromatic heterocycles. The highest BCUT2D eigenvalue weighted by Crippen LogP contribution is 2.33. The molecule has 1 atom stereocenters.